The fraction of sp³-hybridized carbons (Fsp3) is 0.857. The van der Waals surface area contributed by atoms with Gasteiger partial charge in [0.25, 0.3) is 0 Å². The van der Waals surface area contributed by atoms with Gasteiger partial charge in [-0.05, 0) is 38.1 Å². The molecule has 0 saturated carbocycles. The molecule has 0 aromatic heterocycles. The van der Waals surface area contributed by atoms with E-state index in [9.17, 15) is 14.7 Å². The summed E-state index contributed by atoms with van der Waals surface area (Å²) in [7, 11) is 0. The number of nitrogens with zero attached hydrogens (tertiary/aromatic N) is 1. The van der Waals surface area contributed by atoms with Gasteiger partial charge in [-0.1, -0.05) is 20.8 Å². The Bertz CT molecular complexity index is 331. The lowest BCUT2D eigenvalue weighted by atomic mass is 9.92. The Labute approximate surface area is 115 Å². The molecular formula is C14H26N2O3. The van der Waals surface area contributed by atoms with Crippen molar-refractivity contribution in [3.8, 4) is 0 Å². The maximum Gasteiger partial charge on any atom is 0.320 e. The summed E-state index contributed by atoms with van der Waals surface area (Å²) in [6.45, 7) is 8.99. The molecule has 110 valence electrons. The minimum Gasteiger partial charge on any atom is -0.480 e. The molecule has 1 heterocycles. The number of rotatable bonds is 5. The topological polar surface area (TPSA) is 69.6 Å². The zero-order valence-corrected chi connectivity index (χ0v) is 12.3. The van der Waals surface area contributed by atoms with Gasteiger partial charge in [0.15, 0.2) is 0 Å². The average Bonchev–Trinajstić information content (AvgIpc) is 2.30. The van der Waals surface area contributed by atoms with Crippen molar-refractivity contribution in [2.75, 3.05) is 13.1 Å². The largest absolute Gasteiger partial charge is 0.480 e. The summed E-state index contributed by atoms with van der Waals surface area (Å²) >= 11 is 0. The summed E-state index contributed by atoms with van der Waals surface area (Å²) in [6.07, 6.45) is 1.58. The van der Waals surface area contributed by atoms with Gasteiger partial charge in [0.2, 0.25) is 5.91 Å². The highest BCUT2D eigenvalue weighted by Crippen LogP contribution is 2.22. The zero-order valence-electron chi connectivity index (χ0n) is 12.3. The molecule has 1 amide bonds. The monoisotopic (exact) mass is 270 g/mol. The first-order chi connectivity index (χ1) is 8.81. The minimum absolute atomic E-state index is 0.0815. The third-order valence-electron chi connectivity index (χ3n) is 4.00. The van der Waals surface area contributed by atoms with Crippen LogP contribution in [0.5, 0.6) is 0 Å². The maximum atomic E-state index is 11.9. The second kappa shape index (κ2) is 6.89. The number of amides is 1. The molecule has 1 fully saturated rings. The van der Waals surface area contributed by atoms with Gasteiger partial charge in [-0.25, -0.2) is 0 Å². The highest BCUT2D eigenvalue weighted by atomic mass is 16.4. The quantitative estimate of drug-likeness (QED) is 0.791. The van der Waals surface area contributed by atoms with Gasteiger partial charge in [-0.3, -0.25) is 14.5 Å². The first kappa shape index (κ1) is 16.0. The van der Waals surface area contributed by atoms with Crippen molar-refractivity contribution in [3.63, 3.8) is 0 Å². The molecule has 2 N–H and O–H groups in total. The average molecular weight is 270 g/mol. The first-order valence-corrected chi connectivity index (χ1v) is 7.07. The molecule has 19 heavy (non-hydrogen) atoms. The summed E-state index contributed by atoms with van der Waals surface area (Å²) in [6, 6.07) is -0.414. The highest BCUT2D eigenvalue weighted by Gasteiger charge is 2.32. The number of carbonyl (C=O) groups is 2. The molecule has 3 atom stereocenters. The van der Waals surface area contributed by atoms with Crippen LogP contribution in [-0.2, 0) is 9.59 Å². The van der Waals surface area contributed by atoms with E-state index in [0.717, 1.165) is 6.42 Å². The van der Waals surface area contributed by atoms with Crippen LogP contribution in [0.2, 0.25) is 0 Å². The van der Waals surface area contributed by atoms with Gasteiger partial charge < -0.3 is 10.4 Å². The Hall–Kier alpha value is -1.10. The van der Waals surface area contributed by atoms with E-state index in [1.807, 2.05) is 20.8 Å². The van der Waals surface area contributed by atoms with Crippen molar-refractivity contribution in [2.45, 2.75) is 52.6 Å². The lowest BCUT2D eigenvalue weighted by molar-refractivity contribution is -0.146. The van der Waals surface area contributed by atoms with Gasteiger partial charge in [0.05, 0.1) is 6.54 Å². The summed E-state index contributed by atoms with van der Waals surface area (Å²) in [5.74, 6) is -0.117. The van der Waals surface area contributed by atoms with Gasteiger partial charge in [0.1, 0.15) is 6.04 Å². The van der Waals surface area contributed by atoms with Crippen LogP contribution < -0.4 is 5.32 Å². The first-order valence-electron chi connectivity index (χ1n) is 7.07. The summed E-state index contributed by atoms with van der Waals surface area (Å²) in [5, 5.41) is 12.2. The number of carboxylic acids is 1. The van der Waals surface area contributed by atoms with Gasteiger partial charge in [-0.2, -0.15) is 0 Å². The smallest absolute Gasteiger partial charge is 0.320 e. The van der Waals surface area contributed by atoms with Gasteiger partial charge in [-0.15, -0.1) is 0 Å². The fourth-order valence-corrected chi connectivity index (χ4v) is 2.29. The number of aliphatic carboxylic acids is 1. The molecule has 0 aliphatic carbocycles. The van der Waals surface area contributed by atoms with Crippen molar-refractivity contribution in [2.24, 2.45) is 11.8 Å². The van der Waals surface area contributed by atoms with E-state index in [1.165, 1.54) is 0 Å². The number of likely N-dealkylation sites (tertiary alicyclic amines) is 1. The molecule has 1 rings (SSSR count). The van der Waals surface area contributed by atoms with Crippen LogP contribution in [0.15, 0.2) is 0 Å². The van der Waals surface area contributed by atoms with E-state index in [1.54, 1.807) is 4.90 Å². The summed E-state index contributed by atoms with van der Waals surface area (Å²) in [4.78, 5) is 25.0. The Morgan fingerprint density at radius 3 is 2.53 bits per heavy atom. The van der Waals surface area contributed by atoms with Crippen LogP contribution >= 0.6 is 0 Å². The molecule has 1 aliphatic rings. The van der Waals surface area contributed by atoms with E-state index >= 15 is 0 Å². The van der Waals surface area contributed by atoms with Crippen LogP contribution in [0, 0.1) is 11.8 Å². The molecule has 0 bridgehead atoms. The van der Waals surface area contributed by atoms with Crippen molar-refractivity contribution in [3.05, 3.63) is 0 Å². The van der Waals surface area contributed by atoms with Crippen molar-refractivity contribution >= 4 is 11.9 Å². The summed E-state index contributed by atoms with van der Waals surface area (Å²) in [5.41, 5.74) is 0. The lowest BCUT2D eigenvalue weighted by Crippen LogP contribution is -2.51. The molecule has 5 heteroatoms. The second-order valence-corrected chi connectivity index (χ2v) is 6.05. The number of hydrogen-bond acceptors (Lipinski definition) is 3. The zero-order chi connectivity index (χ0) is 14.6. The number of carbonyl (C=O) groups excluding carboxylic acids is 1. The Morgan fingerprint density at radius 1 is 1.37 bits per heavy atom. The minimum atomic E-state index is -0.823. The molecule has 3 unspecified atom stereocenters. The molecular weight excluding hydrogens is 244 g/mol. The van der Waals surface area contributed by atoms with E-state index in [2.05, 4.69) is 12.2 Å². The Balaban J connectivity index is 2.54. The van der Waals surface area contributed by atoms with Crippen LogP contribution in [0.3, 0.4) is 0 Å². The third kappa shape index (κ3) is 4.82. The fourth-order valence-electron chi connectivity index (χ4n) is 2.29. The molecule has 1 aliphatic heterocycles. The van der Waals surface area contributed by atoms with Crippen LogP contribution in [0.25, 0.3) is 0 Å². The predicted octanol–water partition coefficient (Wildman–Crippen LogP) is 1.33. The standard InChI is InChI=1S/C14H26N2O3/c1-9(2)11(4)15-13(17)8-16-6-5-10(3)7-12(16)14(18)19/h9-12H,5-8H2,1-4H3,(H,15,17)(H,18,19). The van der Waals surface area contributed by atoms with Crippen LogP contribution in [0.4, 0.5) is 0 Å². The number of nitrogens with one attached hydrogen (secondary N) is 1. The van der Waals surface area contributed by atoms with Gasteiger partial charge >= 0.3 is 5.97 Å². The molecule has 1 saturated heterocycles. The van der Waals surface area contributed by atoms with Crippen LogP contribution in [0.1, 0.15) is 40.5 Å². The van der Waals surface area contributed by atoms with Gasteiger partial charge in [0, 0.05) is 6.04 Å². The highest BCUT2D eigenvalue weighted by molar-refractivity contribution is 5.80. The molecule has 0 aromatic rings. The summed E-state index contributed by atoms with van der Waals surface area (Å²) < 4.78 is 0. The van der Waals surface area contributed by atoms with E-state index < -0.39 is 12.0 Å². The molecule has 0 spiro atoms. The van der Waals surface area contributed by atoms with E-state index in [4.69, 9.17) is 0 Å². The van der Waals surface area contributed by atoms with Crippen LogP contribution in [-0.4, -0.2) is 47.1 Å². The number of piperidine rings is 1. The SMILES string of the molecule is CC1CCN(CC(=O)NC(C)C(C)C)C(C(=O)O)C1. The van der Waals surface area contributed by atoms with Crippen molar-refractivity contribution < 1.29 is 14.7 Å². The number of hydrogen-bond donors (Lipinski definition) is 2. The molecule has 0 aromatic carbocycles. The maximum absolute atomic E-state index is 11.9. The van der Waals surface area contributed by atoms with E-state index in [-0.39, 0.29) is 18.5 Å². The van der Waals surface area contributed by atoms with E-state index in [0.29, 0.717) is 24.8 Å². The molecule has 5 nitrogen and oxygen atoms in total. The Morgan fingerprint density at radius 2 is 2.00 bits per heavy atom. The van der Waals surface area contributed by atoms with Crippen molar-refractivity contribution in [1.82, 2.24) is 10.2 Å². The molecule has 0 radical (unpaired) electrons. The normalized spacial score (nSPS) is 26.2. The Kier molecular flexibility index (Phi) is 5.79. The third-order valence-corrected chi connectivity index (χ3v) is 4.00. The lowest BCUT2D eigenvalue weighted by Gasteiger charge is -2.35. The van der Waals surface area contributed by atoms with Crippen molar-refractivity contribution in [1.29, 1.82) is 0 Å². The second-order valence-electron chi connectivity index (χ2n) is 6.05. The predicted molar refractivity (Wildman–Crippen MR) is 73.8 cm³/mol. The number of carboxylic acid groups (broad SMARTS) is 1.